The summed E-state index contributed by atoms with van der Waals surface area (Å²) >= 11 is 1.68. The van der Waals surface area contributed by atoms with Crippen molar-refractivity contribution in [2.45, 2.75) is 20.3 Å². The summed E-state index contributed by atoms with van der Waals surface area (Å²) in [4.78, 5) is 24.7. The number of nitrogens with one attached hydrogen (secondary N) is 3. The Bertz CT molecular complexity index is 702. The van der Waals surface area contributed by atoms with Gasteiger partial charge in [0.1, 0.15) is 0 Å². The van der Waals surface area contributed by atoms with Crippen LogP contribution in [-0.2, 0) is 16.0 Å². The van der Waals surface area contributed by atoms with E-state index in [-0.39, 0.29) is 12.5 Å². The maximum Gasteiger partial charge on any atom is 0.411 e. The fourth-order valence-corrected chi connectivity index (χ4v) is 2.97. The summed E-state index contributed by atoms with van der Waals surface area (Å²) < 4.78 is 4.88. The van der Waals surface area contributed by atoms with Gasteiger partial charge in [-0.05, 0) is 49.4 Å². The number of benzene rings is 1. The molecule has 0 radical (unpaired) electrons. The lowest BCUT2D eigenvalue weighted by Gasteiger charge is -2.14. The molecule has 7 heteroatoms. The van der Waals surface area contributed by atoms with E-state index in [4.69, 9.17) is 4.74 Å². The predicted octanol–water partition coefficient (Wildman–Crippen LogP) is 3.40. The molecule has 6 nitrogen and oxygen atoms in total. The first-order chi connectivity index (χ1) is 12.1. The van der Waals surface area contributed by atoms with Crippen molar-refractivity contribution in [3.63, 3.8) is 0 Å². The number of ether oxygens (including phenoxy) is 1. The van der Waals surface area contributed by atoms with E-state index < -0.39 is 6.09 Å². The Morgan fingerprint density at radius 1 is 1.16 bits per heavy atom. The van der Waals surface area contributed by atoms with E-state index in [2.05, 4.69) is 22.0 Å². The highest BCUT2D eigenvalue weighted by molar-refractivity contribution is 7.09. The lowest BCUT2D eigenvalue weighted by atomic mass is 10.1. The van der Waals surface area contributed by atoms with Crippen LogP contribution in [0.25, 0.3) is 0 Å². The topological polar surface area (TPSA) is 79.5 Å². The lowest BCUT2D eigenvalue weighted by Crippen LogP contribution is -2.31. The summed E-state index contributed by atoms with van der Waals surface area (Å²) in [7, 11) is 0. The quantitative estimate of drug-likeness (QED) is 0.673. The number of anilines is 2. The third-order valence-corrected chi connectivity index (χ3v) is 4.50. The molecule has 0 atom stereocenters. The maximum absolute atomic E-state index is 11.9. The van der Waals surface area contributed by atoms with E-state index >= 15 is 0 Å². The molecule has 2 rings (SSSR count). The van der Waals surface area contributed by atoms with Gasteiger partial charge in [0, 0.05) is 22.8 Å². The zero-order chi connectivity index (χ0) is 18.1. The molecule has 2 amide bonds. The highest BCUT2D eigenvalue weighted by Crippen LogP contribution is 2.23. The van der Waals surface area contributed by atoms with Crippen LogP contribution in [0.4, 0.5) is 16.2 Å². The summed E-state index contributed by atoms with van der Waals surface area (Å²) in [6.07, 6.45) is 0.343. The van der Waals surface area contributed by atoms with Crippen LogP contribution in [0.15, 0.2) is 35.7 Å². The van der Waals surface area contributed by atoms with Crippen LogP contribution in [0.1, 0.15) is 17.4 Å². The van der Waals surface area contributed by atoms with Crippen molar-refractivity contribution in [2.24, 2.45) is 0 Å². The second-order valence-electron chi connectivity index (χ2n) is 5.36. The van der Waals surface area contributed by atoms with Crippen LogP contribution >= 0.6 is 11.3 Å². The molecule has 0 aliphatic rings. The standard InChI is InChI=1S/C18H23N3O3S/c1-3-24-18(23)21-16-8-4-7-15(13(16)2)20-12-17(22)19-10-9-14-6-5-11-25-14/h4-8,11,20H,3,9-10,12H2,1-2H3,(H,19,22)(H,21,23). The van der Waals surface area contributed by atoms with Crippen molar-refractivity contribution in [2.75, 3.05) is 30.3 Å². The van der Waals surface area contributed by atoms with Crippen LogP contribution < -0.4 is 16.0 Å². The number of rotatable bonds is 8. The Morgan fingerprint density at radius 3 is 2.68 bits per heavy atom. The molecule has 0 aliphatic heterocycles. The van der Waals surface area contributed by atoms with Gasteiger partial charge in [-0.15, -0.1) is 11.3 Å². The summed E-state index contributed by atoms with van der Waals surface area (Å²) in [5.74, 6) is -0.0697. The molecule has 0 saturated carbocycles. The van der Waals surface area contributed by atoms with E-state index in [1.54, 1.807) is 24.3 Å². The fraction of sp³-hybridized carbons (Fsp3) is 0.333. The van der Waals surface area contributed by atoms with Crippen molar-refractivity contribution in [3.8, 4) is 0 Å². The zero-order valence-electron chi connectivity index (χ0n) is 14.4. The molecular formula is C18H23N3O3S. The molecular weight excluding hydrogens is 338 g/mol. The monoisotopic (exact) mass is 361 g/mol. The molecule has 0 fully saturated rings. The second-order valence-corrected chi connectivity index (χ2v) is 6.39. The molecule has 2 aromatic rings. The molecule has 0 unspecified atom stereocenters. The Balaban J connectivity index is 1.81. The van der Waals surface area contributed by atoms with Gasteiger partial charge in [-0.2, -0.15) is 0 Å². The summed E-state index contributed by atoms with van der Waals surface area (Å²) in [5, 5.41) is 10.7. The van der Waals surface area contributed by atoms with Gasteiger partial charge in [-0.1, -0.05) is 12.1 Å². The van der Waals surface area contributed by atoms with Gasteiger partial charge in [0.2, 0.25) is 5.91 Å². The normalized spacial score (nSPS) is 10.2. The minimum Gasteiger partial charge on any atom is -0.450 e. The minimum absolute atomic E-state index is 0.0697. The first-order valence-corrected chi connectivity index (χ1v) is 9.04. The zero-order valence-corrected chi connectivity index (χ0v) is 15.2. The number of hydrogen-bond donors (Lipinski definition) is 3. The van der Waals surface area contributed by atoms with E-state index in [0.29, 0.717) is 18.8 Å². The highest BCUT2D eigenvalue weighted by Gasteiger charge is 2.09. The molecule has 3 N–H and O–H groups in total. The molecule has 0 saturated heterocycles. The van der Waals surface area contributed by atoms with Crippen LogP contribution in [0, 0.1) is 6.92 Å². The average Bonchev–Trinajstić information content (AvgIpc) is 3.09. The van der Waals surface area contributed by atoms with E-state index in [1.807, 2.05) is 30.5 Å². The first-order valence-electron chi connectivity index (χ1n) is 8.16. The van der Waals surface area contributed by atoms with E-state index in [9.17, 15) is 9.59 Å². The molecule has 0 bridgehead atoms. The largest absolute Gasteiger partial charge is 0.450 e. The van der Waals surface area contributed by atoms with Crippen molar-refractivity contribution >= 4 is 34.7 Å². The van der Waals surface area contributed by atoms with Gasteiger partial charge in [-0.25, -0.2) is 4.79 Å². The minimum atomic E-state index is -0.492. The third-order valence-electron chi connectivity index (χ3n) is 3.56. The Kier molecular flexibility index (Phi) is 7.28. The van der Waals surface area contributed by atoms with Gasteiger partial charge < -0.3 is 15.4 Å². The van der Waals surface area contributed by atoms with Crippen LogP contribution in [-0.4, -0.2) is 31.7 Å². The first kappa shape index (κ1) is 18.8. The molecule has 25 heavy (non-hydrogen) atoms. The maximum atomic E-state index is 11.9. The van der Waals surface area contributed by atoms with Crippen LogP contribution in [0.3, 0.4) is 0 Å². The van der Waals surface area contributed by atoms with Crippen molar-refractivity contribution in [1.82, 2.24) is 5.32 Å². The molecule has 1 heterocycles. The smallest absolute Gasteiger partial charge is 0.411 e. The molecule has 0 aliphatic carbocycles. The lowest BCUT2D eigenvalue weighted by molar-refractivity contribution is -0.119. The summed E-state index contributed by atoms with van der Waals surface area (Å²) in [6, 6.07) is 9.53. The molecule has 1 aromatic carbocycles. The molecule has 134 valence electrons. The van der Waals surface area contributed by atoms with Crippen molar-refractivity contribution < 1.29 is 14.3 Å². The van der Waals surface area contributed by atoms with Crippen molar-refractivity contribution in [1.29, 1.82) is 0 Å². The fourth-order valence-electron chi connectivity index (χ4n) is 2.26. The predicted molar refractivity (Wildman–Crippen MR) is 101 cm³/mol. The van der Waals surface area contributed by atoms with Gasteiger partial charge in [0.25, 0.3) is 0 Å². The van der Waals surface area contributed by atoms with Gasteiger partial charge in [0.15, 0.2) is 0 Å². The number of carbonyl (C=O) groups is 2. The number of hydrogen-bond acceptors (Lipinski definition) is 5. The van der Waals surface area contributed by atoms with Crippen molar-refractivity contribution in [3.05, 3.63) is 46.2 Å². The van der Waals surface area contributed by atoms with E-state index in [1.165, 1.54) is 4.88 Å². The second kappa shape index (κ2) is 9.68. The SMILES string of the molecule is CCOC(=O)Nc1cccc(NCC(=O)NCCc2cccs2)c1C. The highest BCUT2D eigenvalue weighted by atomic mass is 32.1. The van der Waals surface area contributed by atoms with E-state index in [0.717, 1.165) is 17.7 Å². The third kappa shape index (κ3) is 6.11. The average molecular weight is 361 g/mol. The van der Waals surface area contributed by atoms with Gasteiger partial charge in [0.05, 0.1) is 13.2 Å². The summed E-state index contributed by atoms with van der Waals surface area (Å²) in [5.41, 5.74) is 2.30. The summed E-state index contributed by atoms with van der Waals surface area (Å²) in [6.45, 7) is 4.73. The van der Waals surface area contributed by atoms with Gasteiger partial charge >= 0.3 is 6.09 Å². The Morgan fingerprint density at radius 2 is 1.96 bits per heavy atom. The molecule has 0 spiro atoms. The number of carbonyl (C=O) groups excluding carboxylic acids is 2. The van der Waals surface area contributed by atoms with Gasteiger partial charge in [-0.3, -0.25) is 10.1 Å². The number of amides is 2. The number of thiophene rings is 1. The molecule has 1 aromatic heterocycles. The van der Waals surface area contributed by atoms with Crippen LogP contribution in [0.2, 0.25) is 0 Å². The van der Waals surface area contributed by atoms with Crippen LogP contribution in [0.5, 0.6) is 0 Å². The Hall–Kier alpha value is -2.54. The Labute approximate surface area is 151 Å².